The number of nitrogens with one attached hydrogen (secondary N) is 2. The normalized spacial score (nSPS) is 9.59. The van der Waals surface area contributed by atoms with Crippen molar-refractivity contribution >= 4 is 18.3 Å². The van der Waals surface area contributed by atoms with Crippen LogP contribution in [0.3, 0.4) is 0 Å². The average molecular weight is 261 g/mol. The van der Waals surface area contributed by atoms with Gasteiger partial charge in [0.1, 0.15) is 5.82 Å². The van der Waals surface area contributed by atoms with Crippen molar-refractivity contribution in [2.24, 2.45) is 0 Å². The Balaban J connectivity index is 0.00000256. The largest absolute Gasteiger partial charge is 0.352 e. The number of rotatable bonds is 5. The van der Waals surface area contributed by atoms with Gasteiger partial charge in [-0.3, -0.25) is 4.79 Å². The molecule has 1 rings (SSSR count). The standard InChI is InChI=1S/C12H17FN2O.ClH/c1-9-3-4-10(7-11(9)13)8-15-12(16)5-6-14-2;/h3-4,7,14H,5-6,8H2,1-2H3,(H,15,16);1H. The Labute approximate surface area is 107 Å². The Morgan fingerprint density at radius 3 is 2.71 bits per heavy atom. The van der Waals surface area contributed by atoms with Crippen LogP contribution in [0.15, 0.2) is 18.2 Å². The third-order valence-electron chi connectivity index (χ3n) is 2.33. The van der Waals surface area contributed by atoms with Crippen LogP contribution < -0.4 is 10.6 Å². The van der Waals surface area contributed by atoms with Gasteiger partial charge >= 0.3 is 0 Å². The van der Waals surface area contributed by atoms with E-state index in [-0.39, 0.29) is 24.1 Å². The molecule has 1 aromatic carbocycles. The Bertz CT molecular complexity index is 372. The van der Waals surface area contributed by atoms with Crippen LogP contribution in [0.4, 0.5) is 4.39 Å². The lowest BCUT2D eigenvalue weighted by Gasteiger charge is -2.06. The average Bonchev–Trinajstić information content (AvgIpc) is 2.28. The van der Waals surface area contributed by atoms with Crippen molar-refractivity contribution in [3.05, 3.63) is 35.1 Å². The summed E-state index contributed by atoms with van der Waals surface area (Å²) in [5.74, 6) is -0.266. The number of amides is 1. The molecule has 0 aromatic heterocycles. The topological polar surface area (TPSA) is 41.1 Å². The number of halogens is 2. The van der Waals surface area contributed by atoms with Gasteiger partial charge in [-0.2, -0.15) is 0 Å². The summed E-state index contributed by atoms with van der Waals surface area (Å²) in [5, 5.41) is 5.63. The first-order valence-corrected chi connectivity index (χ1v) is 5.30. The van der Waals surface area contributed by atoms with Gasteiger partial charge in [-0.15, -0.1) is 12.4 Å². The van der Waals surface area contributed by atoms with Gasteiger partial charge in [-0.25, -0.2) is 4.39 Å². The molecule has 0 unspecified atom stereocenters. The van der Waals surface area contributed by atoms with Crippen LogP contribution in [-0.2, 0) is 11.3 Å². The van der Waals surface area contributed by atoms with E-state index in [1.54, 1.807) is 20.0 Å². The molecule has 2 N–H and O–H groups in total. The first-order valence-electron chi connectivity index (χ1n) is 5.30. The Morgan fingerprint density at radius 1 is 1.41 bits per heavy atom. The highest BCUT2D eigenvalue weighted by atomic mass is 35.5. The molecule has 0 radical (unpaired) electrons. The first-order chi connectivity index (χ1) is 7.63. The summed E-state index contributed by atoms with van der Waals surface area (Å²) in [6.07, 6.45) is 0.435. The van der Waals surface area contributed by atoms with Crippen LogP contribution >= 0.6 is 12.4 Å². The smallest absolute Gasteiger partial charge is 0.221 e. The van der Waals surface area contributed by atoms with E-state index >= 15 is 0 Å². The summed E-state index contributed by atoms with van der Waals surface area (Å²) in [6.45, 7) is 2.73. The second-order valence-electron chi connectivity index (χ2n) is 3.71. The minimum atomic E-state index is -0.234. The van der Waals surface area contributed by atoms with Crippen molar-refractivity contribution < 1.29 is 9.18 Å². The highest BCUT2D eigenvalue weighted by Gasteiger charge is 2.02. The van der Waals surface area contributed by atoms with E-state index < -0.39 is 0 Å². The number of hydrogen-bond donors (Lipinski definition) is 2. The van der Waals surface area contributed by atoms with Crippen molar-refractivity contribution in [2.75, 3.05) is 13.6 Å². The fraction of sp³-hybridized carbons (Fsp3) is 0.417. The molecular formula is C12H18ClFN2O. The molecule has 0 aliphatic carbocycles. The molecule has 5 heteroatoms. The molecule has 1 aromatic rings. The molecule has 0 saturated carbocycles. The molecule has 0 saturated heterocycles. The lowest BCUT2D eigenvalue weighted by Crippen LogP contribution is -2.26. The predicted octanol–water partition coefficient (Wildman–Crippen LogP) is 1.78. The summed E-state index contributed by atoms with van der Waals surface area (Å²) in [5.41, 5.74) is 1.39. The zero-order valence-electron chi connectivity index (χ0n) is 10.0. The fourth-order valence-corrected chi connectivity index (χ4v) is 1.27. The summed E-state index contributed by atoms with van der Waals surface area (Å²) in [7, 11) is 1.79. The van der Waals surface area contributed by atoms with Gasteiger partial charge in [0.2, 0.25) is 5.91 Å². The second-order valence-corrected chi connectivity index (χ2v) is 3.71. The quantitative estimate of drug-likeness (QED) is 0.847. The molecule has 0 aliphatic heterocycles. The van der Waals surface area contributed by atoms with Gasteiger partial charge in [0.05, 0.1) is 0 Å². The molecular weight excluding hydrogens is 243 g/mol. The van der Waals surface area contributed by atoms with E-state index in [1.165, 1.54) is 6.07 Å². The van der Waals surface area contributed by atoms with E-state index in [4.69, 9.17) is 0 Å². The van der Waals surface area contributed by atoms with Crippen LogP contribution in [-0.4, -0.2) is 19.5 Å². The van der Waals surface area contributed by atoms with Crippen molar-refractivity contribution in [3.8, 4) is 0 Å². The van der Waals surface area contributed by atoms with E-state index in [2.05, 4.69) is 10.6 Å². The van der Waals surface area contributed by atoms with Gasteiger partial charge < -0.3 is 10.6 Å². The minimum Gasteiger partial charge on any atom is -0.352 e. The fourth-order valence-electron chi connectivity index (χ4n) is 1.27. The number of benzene rings is 1. The maximum Gasteiger partial charge on any atom is 0.221 e. The molecule has 0 bridgehead atoms. The van der Waals surface area contributed by atoms with E-state index in [0.29, 0.717) is 25.1 Å². The van der Waals surface area contributed by atoms with Crippen LogP contribution in [0.1, 0.15) is 17.5 Å². The van der Waals surface area contributed by atoms with Crippen molar-refractivity contribution in [1.29, 1.82) is 0 Å². The van der Waals surface area contributed by atoms with Crippen molar-refractivity contribution in [3.63, 3.8) is 0 Å². The minimum absolute atomic E-state index is 0. The lowest BCUT2D eigenvalue weighted by atomic mass is 10.1. The molecule has 0 spiro atoms. The third kappa shape index (κ3) is 5.65. The zero-order chi connectivity index (χ0) is 12.0. The van der Waals surface area contributed by atoms with Crippen LogP contribution in [0.2, 0.25) is 0 Å². The molecule has 96 valence electrons. The monoisotopic (exact) mass is 260 g/mol. The predicted molar refractivity (Wildman–Crippen MR) is 68.8 cm³/mol. The molecule has 0 aliphatic rings. The summed E-state index contributed by atoms with van der Waals surface area (Å²) < 4.78 is 13.2. The molecule has 0 atom stereocenters. The molecule has 3 nitrogen and oxygen atoms in total. The van der Waals surface area contributed by atoms with Crippen LogP contribution in [0, 0.1) is 12.7 Å². The highest BCUT2D eigenvalue weighted by Crippen LogP contribution is 2.08. The Hall–Kier alpha value is -1.13. The van der Waals surface area contributed by atoms with Crippen LogP contribution in [0.25, 0.3) is 0 Å². The summed E-state index contributed by atoms with van der Waals surface area (Å²) in [6, 6.07) is 4.98. The second kappa shape index (κ2) is 8.03. The van der Waals surface area contributed by atoms with Crippen molar-refractivity contribution in [2.45, 2.75) is 19.9 Å². The number of carbonyl (C=O) groups excluding carboxylic acids is 1. The summed E-state index contributed by atoms with van der Waals surface area (Å²) in [4.78, 5) is 11.3. The Morgan fingerprint density at radius 2 is 2.12 bits per heavy atom. The van der Waals surface area contributed by atoms with E-state index in [0.717, 1.165) is 5.56 Å². The van der Waals surface area contributed by atoms with E-state index in [9.17, 15) is 9.18 Å². The summed E-state index contributed by atoms with van der Waals surface area (Å²) >= 11 is 0. The Kier molecular flexibility index (Phi) is 7.50. The molecule has 0 fully saturated rings. The number of aryl methyl sites for hydroxylation is 1. The number of carbonyl (C=O) groups is 1. The first kappa shape index (κ1) is 15.9. The van der Waals surface area contributed by atoms with Gasteiger partial charge in [0.15, 0.2) is 0 Å². The van der Waals surface area contributed by atoms with Gasteiger partial charge in [-0.1, -0.05) is 12.1 Å². The lowest BCUT2D eigenvalue weighted by molar-refractivity contribution is -0.121. The van der Waals surface area contributed by atoms with Crippen LogP contribution in [0.5, 0.6) is 0 Å². The van der Waals surface area contributed by atoms with Gasteiger partial charge in [-0.05, 0) is 31.2 Å². The highest BCUT2D eigenvalue weighted by molar-refractivity contribution is 5.85. The van der Waals surface area contributed by atoms with Gasteiger partial charge in [0.25, 0.3) is 0 Å². The van der Waals surface area contributed by atoms with Crippen molar-refractivity contribution in [1.82, 2.24) is 10.6 Å². The molecule has 17 heavy (non-hydrogen) atoms. The molecule has 0 heterocycles. The third-order valence-corrected chi connectivity index (χ3v) is 2.33. The van der Waals surface area contributed by atoms with Gasteiger partial charge in [0, 0.05) is 19.5 Å². The maximum atomic E-state index is 13.2. The maximum absolute atomic E-state index is 13.2. The van der Waals surface area contributed by atoms with E-state index in [1.807, 2.05) is 6.07 Å². The number of hydrogen-bond acceptors (Lipinski definition) is 2. The SMILES string of the molecule is CNCCC(=O)NCc1ccc(C)c(F)c1.Cl. The zero-order valence-corrected chi connectivity index (χ0v) is 10.9. The molecule has 1 amide bonds.